The molecule has 0 saturated heterocycles. The first-order valence-corrected chi connectivity index (χ1v) is 5.10. The van der Waals surface area contributed by atoms with E-state index >= 15 is 0 Å². The minimum Gasteiger partial charge on any atom is -0.329 e. The fourth-order valence-electron chi connectivity index (χ4n) is 1.52. The molecule has 0 N–H and O–H groups in total. The van der Waals surface area contributed by atoms with Gasteiger partial charge in [0.1, 0.15) is 5.82 Å². The highest BCUT2D eigenvalue weighted by Gasteiger charge is 2.13. The highest BCUT2D eigenvalue weighted by atomic mass is 35.5. The van der Waals surface area contributed by atoms with Gasteiger partial charge < -0.3 is 4.57 Å². The Morgan fingerprint density at radius 1 is 1.56 bits per heavy atom. The fourth-order valence-corrected chi connectivity index (χ4v) is 1.79. The summed E-state index contributed by atoms with van der Waals surface area (Å²) in [4.78, 5) is 8.26. The normalized spacial score (nSPS) is 10.1. The molecule has 4 nitrogen and oxygen atoms in total. The quantitative estimate of drug-likeness (QED) is 0.798. The molecule has 0 bridgehead atoms. The summed E-state index contributed by atoms with van der Waals surface area (Å²) in [6.07, 6.45) is 3.67. The zero-order valence-corrected chi connectivity index (χ0v) is 9.44. The van der Waals surface area contributed by atoms with Crippen LogP contribution in [0.3, 0.4) is 0 Å². The molecule has 0 aliphatic heterocycles. The van der Waals surface area contributed by atoms with Crippen LogP contribution < -0.4 is 0 Å². The van der Waals surface area contributed by atoms with Gasteiger partial charge in [0.15, 0.2) is 5.15 Å². The van der Waals surface area contributed by atoms with Gasteiger partial charge >= 0.3 is 0 Å². The Balaban J connectivity index is 2.53. The van der Waals surface area contributed by atoms with E-state index in [4.69, 9.17) is 16.9 Å². The summed E-state index contributed by atoms with van der Waals surface area (Å²) < 4.78 is 1.82. The molecule has 80 valence electrons. The average Bonchev–Trinajstić information content (AvgIpc) is 2.59. The van der Waals surface area contributed by atoms with Crippen LogP contribution >= 0.6 is 11.6 Å². The van der Waals surface area contributed by atoms with Crippen molar-refractivity contribution in [1.82, 2.24) is 14.5 Å². The van der Waals surface area contributed by atoms with Crippen LogP contribution in [0.25, 0.3) is 11.4 Å². The Morgan fingerprint density at radius 3 is 3.00 bits per heavy atom. The van der Waals surface area contributed by atoms with Crippen LogP contribution in [0, 0.1) is 11.3 Å². The lowest BCUT2D eigenvalue weighted by Gasteiger charge is -2.02. The molecule has 2 aromatic heterocycles. The molecule has 0 aliphatic carbocycles. The number of halogens is 1. The summed E-state index contributed by atoms with van der Waals surface area (Å²) >= 11 is 5.98. The first kappa shape index (κ1) is 10.7. The summed E-state index contributed by atoms with van der Waals surface area (Å²) in [7, 11) is 1.84. The van der Waals surface area contributed by atoms with E-state index in [1.54, 1.807) is 12.4 Å². The highest BCUT2D eigenvalue weighted by molar-refractivity contribution is 6.30. The number of nitriles is 1. The largest absolute Gasteiger partial charge is 0.329 e. The van der Waals surface area contributed by atoms with Gasteiger partial charge in [-0.05, 0) is 12.1 Å². The summed E-state index contributed by atoms with van der Waals surface area (Å²) in [5.74, 6) is 0.725. The molecule has 0 unspecified atom stereocenters. The van der Waals surface area contributed by atoms with Crippen molar-refractivity contribution in [3.05, 3.63) is 35.4 Å². The van der Waals surface area contributed by atoms with Gasteiger partial charge in [-0.25, -0.2) is 4.98 Å². The van der Waals surface area contributed by atoms with Gasteiger partial charge in [-0.2, -0.15) is 5.26 Å². The molecule has 2 heterocycles. The van der Waals surface area contributed by atoms with Crippen molar-refractivity contribution in [2.45, 2.75) is 6.42 Å². The van der Waals surface area contributed by atoms with Crippen LogP contribution in [0.1, 0.15) is 5.69 Å². The van der Waals surface area contributed by atoms with Crippen LogP contribution in [0.2, 0.25) is 5.15 Å². The van der Waals surface area contributed by atoms with E-state index in [-0.39, 0.29) is 6.42 Å². The summed E-state index contributed by atoms with van der Waals surface area (Å²) in [6.45, 7) is 0. The maximum Gasteiger partial charge on any atom is 0.152 e. The Hall–Kier alpha value is -1.86. The first-order valence-electron chi connectivity index (χ1n) is 4.72. The molecule has 0 aromatic carbocycles. The van der Waals surface area contributed by atoms with E-state index in [0.717, 1.165) is 17.1 Å². The number of rotatable bonds is 2. The molecule has 2 aromatic rings. The topological polar surface area (TPSA) is 54.5 Å². The summed E-state index contributed by atoms with van der Waals surface area (Å²) in [5, 5.41) is 9.06. The standard InChI is InChI=1S/C11H9ClN4/c1-16-9(4-5-13)10(12)15-11(16)8-3-2-6-14-7-8/h2-3,6-7H,4H2,1H3. The highest BCUT2D eigenvalue weighted by Crippen LogP contribution is 2.23. The van der Waals surface area contributed by atoms with Gasteiger partial charge in [0.05, 0.1) is 18.2 Å². The van der Waals surface area contributed by atoms with E-state index in [2.05, 4.69) is 16.0 Å². The average molecular weight is 233 g/mol. The lowest BCUT2D eigenvalue weighted by Crippen LogP contribution is -1.98. The Bertz CT molecular complexity index is 539. The minimum absolute atomic E-state index is 0.253. The van der Waals surface area contributed by atoms with Gasteiger partial charge in [0.25, 0.3) is 0 Å². The van der Waals surface area contributed by atoms with Crippen molar-refractivity contribution >= 4 is 11.6 Å². The fraction of sp³-hybridized carbons (Fsp3) is 0.182. The zero-order valence-electron chi connectivity index (χ0n) is 8.68. The molecule has 2 rings (SSSR count). The second kappa shape index (κ2) is 4.33. The monoisotopic (exact) mass is 232 g/mol. The smallest absolute Gasteiger partial charge is 0.152 e. The van der Waals surface area contributed by atoms with Crippen LogP contribution in [-0.2, 0) is 13.5 Å². The number of aromatic nitrogens is 3. The molecule has 5 heteroatoms. The van der Waals surface area contributed by atoms with Crippen LogP contribution in [-0.4, -0.2) is 14.5 Å². The SMILES string of the molecule is Cn1c(-c2cccnc2)nc(Cl)c1CC#N. The van der Waals surface area contributed by atoms with Gasteiger partial charge in [-0.3, -0.25) is 4.98 Å². The maximum atomic E-state index is 8.69. The summed E-state index contributed by atoms with van der Waals surface area (Å²) in [6, 6.07) is 5.81. The molecule has 0 atom stereocenters. The lowest BCUT2D eigenvalue weighted by atomic mass is 10.3. The zero-order chi connectivity index (χ0) is 11.5. The third-order valence-corrected chi connectivity index (χ3v) is 2.63. The van der Waals surface area contributed by atoms with Crippen molar-refractivity contribution in [3.63, 3.8) is 0 Å². The van der Waals surface area contributed by atoms with Crippen LogP contribution in [0.5, 0.6) is 0 Å². The molecule has 0 radical (unpaired) electrons. The number of hydrogen-bond donors (Lipinski definition) is 0. The van der Waals surface area contributed by atoms with Crippen molar-refractivity contribution in [2.75, 3.05) is 0 Å². The first-order chi connectivity index (χ1) is 7.74. The number of nitrogens with zero attached hydrogens (tertiary/aromatic N) is 4. The molecule has 0 spiro atoms. The van der Waals surface area contributed by atoms with E-state index in [1.807, 2.05) is 23.7 Å². The van der Waals surface area contributed by atoms with Crippen LogP contribution in [0.4, 0.5) is 0 Å². The number of hydrogen-bond acceptors (Lipinski definition) is 3. The van der Waals surface area contributed by atoms with Gasteiger partial charge in [-0.1, -0.05) is 11.6 Å². The predicted octanol–water partition coefficient (Wildman–Crippen LogP) is 2.20. The Kier molecular flexibility index (Phi) is 2.88. The van der Waals surface area contributed by atoms with Crippen LogP contribution in [0.15, 0.2) is 24.5 Å². The molecule has 0 aliphatic rings. The van der Waals surface area contributed by atoms with Gasteiger partial charge in [0, 0.05) is 25.0 Å². The summed E-state index contributed by atoms with van der Waals surface area (Å²) in [5.41, 5.74) is 1.61. The Labute approximate surface area is 98.1 Å². The second-order valence-corrected chi connectivity index (χ2v) is 3.67. The van der Waals surface area contributed by atoms with Crippen molar-refractivity contribution in [3.8, 4) is 17.5 Å². The molecule has 0 saturated carbocycles. The third kappa shape index (κ3) is 1.77. The molecule has 0 fully saturated rings. The molecule has 0 amide bonds. The Morgan fingerprint density at radius 2 is 2.38 bits per heavy atom. The van der Waals surface area contributed by atoms with Gasteiger partial charge in [0.2, 0.25) is 0 Å². The predicted molar refractivity (Wildman–Crippen MR) is 60.8 cm³/mol. The van der Waals surface area contributed by atoms with Crippen molar-refractivity contribution in [1.29, 1.82) is 5.26 Å². The number of imidazole rings is 1. The van der Waals surface area contributed by atoms with E-state index in [1.165, 1.54) is 0 Å². The van der Waals surface area contributed by atoms with Crippen molar-refractivity contribution < 1.29 is 0 Å². The molecular weight excluding hydrogens is 224 g/mol. The number of pyridine rings is 1. The van der Waals surface area contributed by atoms with E-state index in [0.29, 0.717) is 5.15 Å². The third-order valence-electron chi connectivity index (χ3n) is 2.33. The minimum atomic E-state index is 0.253. The van der Waals surface area contributed by atoms with E-state index < -0.39 is 0 Å². The molecular formula is C11H9ClN4. The van der Waals surface area contributed by atoms with Gasteiger partial charge in [-0.15, -0.1) is 0 Å². The lowest BCUT2D eigenvalue weighted by molar-refractivity contribution is 0.863. The molecule has 16 heavy (non-hydrogen) atoms. The van der Waals surface area contributed by atoms with E-state index in [9.17, 15) is 0 Å². The maximum absolute atomic E-state index is 8.69. The second-order valence-electron chi connectivity index (χ2n) is 3.31. The van der Waals surface area contributed by atoms with Crippen molar-refractivity contribution in [2.24, 2.45) is 7.05 Å².